The number of imidazole rings is 1. The van der Waals surface area contributed by atoms with Gasteiger partial charge in [0.1, 0.15) is 5.82 Å². The van der Waals surface area contributed by atoms with Crippen molar-refractivity contribution in [2.24, 2.45) is 0 Å². The van der Waals surface area contributed by atoms with E-state index in [2.05, 4.69) is 16.9 Å². The molecule has 0 aliphatic carbocycles. The third-order valence-corrected chi connectivity index (χ3v) is 4.11. The molecule has 0 saturated carbocycles. The maximum atomic E-state index is 11.6. The number of fused-ring (bicyclic) bond motifs is 1. The van der Waals surface area contributed by atoms with Gasteiger partial charge in [0.05, 0.1) is 24.4 Å². The SMILES string of the molecule is COC(=O)c1ccc2cnc(CC3CCCN3C)n2c1. The number of nitrogens with zero attached hydrogens (tertiary/aromatic N) is 3. The minimum absolute atomic E-state index is 0.315. The molecule has 3 heterocycles. The molecule has 1 unspecified atom stereocenters. The summed E-state index contributed by atoms with van der Waals surface area (Å²) in [6, 6.07) is 4.22. The summed E-state index contributed by atoms with van der Waals surface area (Å²) in [4.78, 5) is 18.5. The van der Waals surface area contributed by atoms with E-state index in [0.717, 1.165) is 24.3 Å². The molecule has 1 fully saturated rings. The van der Waals surface area contributed by atoms with Crippen LogP contribution in [0.15, 0.2) is 24.5 Å². The van der Waals surface area contributed by atoms with Crippen molar-refractivity contribution in [1.29, 1.82) is 0 Å². The van der Waals surface area contributed by atoms with E-state index in [-0.39, 0.29) is 5.97 Å². The van der Waals surface area contributed by atoms with Crippen LogP contribution in [0.2, 0.25) is 0 Å². The molecule has 2 aromatic rings. The summed E-state index contributed by atoms with van der Waals surface area (Å²) >= 11 is 0. The van der Waals surface area contributed by atoms with E-state index in [1.165, 1.54) is 20.0 Å². The van der Waals surface area contributed by atoms with Crippen LogP contribution in [-0.2, 0) is 11.2 Å². The van der Waals surface area contributed by atoms with Gasteiger partial charge in [0.2, 0.25) is 0 Å². The van der Waals surface area contributed by atoms with E-state index >= 15 is 0 Å². The zero-order valence-corrected chi connectivity index (χ0v) is 11.9. The van der Waals surface area contributed by atoms with Crippen molar-refractivity contribution in [2.45, 2.75) is 25.3 Å². The Labute approximate surface area is 118 Å². The second kappa shape index (κ2) is 5.25. The monoisotopic (exact) mass is 273 g/mol. The molecule has 1 atom stereocenters. The van der Waals surface area contributed by atoms with E-state index in [1.54, 1.807) is 6.07 Å². The van der Waals surface area contributed by atoms with Crippen molar-refractivity contribution < 1.29 is 9.53 Å². The number of carbonyl (C=O) groups excluding carboxylic acids is 1. The lowest BCUT2D eigenvalue weighted by Gasteiger charge is -2.18. The highest BCUT2D eigenvalue weighted by atomic mass is 16.5. The number of ether oxygens (including phenoxy) is 1. The van der Waals surface area contributed by atoms with Crippen molar-refractivity contribution in [3.8, 4) is 0 Å². The van der Waals surface area contributed by atoms with Gasteiger partial charge in [-0.3, -0.25) is 0 Å². The van der Waals surface area contributed by atoms with Crippen molar-refractivity contribution in [2.75, 3.05) is 20.7 Å². The Balaban J connectivity index is 1.92. The molecule has 3 rings (SSSR count). The Kier molecular flexibility index (Phi) is 3.44. The number of likely N-dealkylation sites (tertiary alicyclic amines) is 1. The normalized spacial score (nSPS) is 19.6. The van der Waals surface area contributed by atoms with Crippen LogP contribution in [0, 0.1) is 0 Å². The molecular formula is C15H19N3O2. The third-order valence-electron chi connectivity index (χ3n) is 4.11. The molecule has 0 spiro atoms. The first-order valence-electron chi connectivity index (χ1n) is 6.93. The number of hydrogen-bond donors (Lipinski definition) is 0. The zero-order valence-electron chi connectivity index (χ0n) is 11.9. The van der Waals surface area contributed by atoms with Gasteiger partial charge in [-0.2, -0.15) is 0 Å². The highest BCUT2D eigenvalue weighted by Gasteiger charge is 2.22. The predicted octanol–water partition coefficient (Wildman–Crippen LogP) is 1.76. The molecule has 0 aromatic carbocycles. The predicted molar refractivity (Wildman–Crippen MR) is 75.9 cm³/mol. The van der Waals surface area contributed by atoms with Crippen LogP contribution >= 0.6 is 0 Å². The van der Waals surface area contributed by atoms with Crippen molar-refractivity contribution in [3.63, 3.8) is 0 Å². The molecule has 5 nitrogen and oxygen atoms in total. The zero-order chi connectivity index (χ0) is 14.1. The van der Waals surface area contributed by atoms with Crippen LogP contribution in [0.3, 0.4) is 0 Å². The number of hydrogen-bond acceptors (Lipinski definition) is 4. The van der Waals surface area contributed by atoms with Crippen LogP contribution in [0.1, 0.15) is 29.0 Å². The first kappa shape index (κ1) is 13.1. The summed E-state index contributed by atoms with van der Waals surface area (Å²) in [6.45, 7) is 1.15. The van der Waals surface area contributed by atoms with E-state index in [4.69, 9.17) is 4.74 Å². The lowest BCUT2D eigenvalue weighted by molar-refractivity contribution is 0.0600. The number of pyridine rings is 1. The largest absolute Gasteiger partial charge is 0.465 e. The van der Waals surface area contributed by atoms with E-state index in [1.807, 2.05) is 22.9 Å². The molecule has 2 aromatic heterocycles. The number of aromatic nitrogens is 2. The summed E-state index contributed by atoms with van der Waals surface area (Å²) in [7, 11) is 3.56. The van der Waals surface area contributed by atoms with Gasteiger partial charge in [-0.05, 0) is 38.6 Å². The fourth-order valence-corrected chi connectivity index (χ4v) is 2.88. The molecule has 0 radical (unpaired) electrons. The van der Waals surface area contributed by atoms with Crippen LogP contribution in [-0.4, -0.2) is 47.0 Å². The fourth-order valence-electron chi connectivity index (χ4n) is 2.88. The van der Waals surface area contributed by atoms with E-state index in [9.17, 15) is 4.79 Å². The molecular weight excluding hydrogens is 254 g/mol. The first-order chi connectivity index (χ1) is 9.69. The Bertz CT molecular complexity index is 635. The Hall–Kier alpha value is -1.88. The lowest BCUT2D eigenvalue weighted by atomic mass is 10.1. The number of rotatable bonds is 3. The Morgan fingerprint density at radius 3 is 3.05 bits per heavy atom. The third kappa shape index (κ3) is 2.29. The number of carbonyl (C=O) groups is 1. The van der Waals surface area contributed by atoms with Crippen molar-refractivity contribution >= 4 is 11.5 Å². The van der Waals surface area contributed by atoms with E-state index in [0.29, 0.717) is 11.6 Å². The van der Waals surface area contributed by atoms with Crippen LogP contribution in [0.4, 0.5) is 0 Å². The van der Waals surface area contributed by atoms with Crippen LogP contribution in [0.25, 0.3) is 5.52 Å². The minimum Gasteiger partial charge on any atom is -0.465 e. The molecule has 1 aliphatic heterocycles. The highest BCUT2D eigenvalue weighted by molar-refractivity contribution is 5.89. The maximum absolute atomic E-state index is 11.6. The average molecular weight is 273 g/mol. The van der Waals surface area contributed by atoms with Gasteiger partial charge in [-0.1, -0.05) is 0 Å². The highest BCUT2D eigenvalue weighted by Crippen LogP contribution is 2.20. The maximum Gasteiger partial charge on any atom is 0.339 e. The number of methoxy groups -OCH3 is 1. The lowest BCUT2D eigenvalue weighted by Crippen LogP contribution is -2.27. The van der Waals surface area contributed by atoms with Crippen molar-refractivity contribution in [3.05, 3.63) is 35.9 Å². The van der Waals surface area contributed by atoms with Crippen molar-refractivity contribution in [1.82, 2.24) is 14.3 Å². The average Bonchev–Trinajstić information content (AvgIpc) is 3.05. The topological polar surface area (TPSA) is 46.8 Å². The fraction of sp³-hybridized carbons (Fsp3) is 0.467. The summed E-state index contributed by atoms with van der Waals surface area (Å²) in [6.07, 6.45) is 7.04. The van der Waals surface area contributed by atoms with E-state index < -0.39 is 0 Å². The second-order valence-corrected chi connectivity index (χ2v) is 5.36. The van der Waals surface area contributed by atoms with Gasteiger partial charge < -0.3 is 14.0 Å². The molecule has 106 valence electrons. The van der Waals surface area contributed by atoms with Gasteiger partial charge in [0, 0.05) is 18.7 Å². The van der Waals surface area contributed by atoms with Crippen LogP contribution in [0.5, 0.6) is 0 Å². The summed E-state index contributed by atoms with van der Waals surface area (Å²) in [5.74, 6) is 0.689. The van der Waals surface area contributed by atoms with Crippen LogP contribution < -0.4 is 0 Å². The smallest absolute Gasteiger partial charge is 0.339 e. The molecule has 20 heavy (non-hydrogen) atoms. The van der Waals surface area contributed by atoms with Gasteiger partial charge in [0.25, 0.3) is 0 Å². The number of likely N-dealkylation sites (N-methyl/N-ethyl adjacent to an activating group) is 1. The molecule has 1 saturated heterocycles. The minimum atomic E-state index is -0.315. The van der Waals surface area contributed by atoms with Gasteiger partial charge in [-0.15, -0.1) is 0 Å². The molecule has 5 heteroatoms. The standard InChI is InChI=1S/C15H19N3O2/c1-17-7-3-4-12(17)8-14-16-9-13-6-5-11(10-18(13)14)15(19)20-2/h5-6,9-10,12H,3-4,7-8H2,1-2H3. The summed E-state index contributed by atoms with van der Waals surface area (Å²) < 4.78 is 6.77. The Morgan fingerprint density at radius 1 is 1.50 bits per heavy atom. The van der Waals surface area contributed by atoms with Gasteiger partial charge in [0.15, 0.2) is 0 Å². The Morgan fingerprint density at radius 2 is 2.35 bits per heavy atom. The van der Waals surface area contributed by atoms with Gasteiger partial charge >= 0.3 is 5.97 Å². The molecule has 0 N–H and O–H groups in total. The summed E-state index contributed by atoms with van der Waals surface area (Å²) in [5, 5.41) is 0. The molecule has 0 bridgehead atoms. The van der Waals surface area contributed by atoms with Gasteiger partial charge in [-0.25, -0.2) is 9.78 Å². The second-order valence-electron chi connectivity index (χ2n) is 5.36. The first-order valence-corrected chi connectivity index (χ1v) is 6.93. The summed E-state index contributed by atoms with van der Waals surface area (Å²) in [5.41, 5.74) is 1.56. The molecule has 0 amide bonds. The molecule has 1 aliphatic rings. The quantitative estimate of drug-likeness (QED) is 0.799. The number of esters is 1.